The Labute approximate surface area is 114 Å². The Morgan fingerprint density at radius 3 is 2.74 bits per heavy atom. The normalized spacial score (nSPS) is 28.4. The van der Waals surface area contributed by atoms with Crippen LogP contribution < -0.4 is 5.32 Å². The third-order valence-electron chi connectivity index (χ3n) is 4.57. The summed E-state index contributed by atoms with van der Waals surface area (Å²) in [6, 6.07) is 0. The van der Waals surface area contributed by atoms with E-state index in [4.69, 9.17) is 0 Å². The Bertz CT molecular complexity index is 473. The quantitative estimate of drug-likeness (QED) is 0.736. The van der Waals surface area contributed by atoms with Gasteiger partial charge in [0.15, 0.2) is 0 Å². The van der Waals surface area contributed by atoms with Crippen LogP contribution in [0.3, 0.4) is 0 Å². The first-order valence-corrected chi connectivity index (χ1v) is 7.55. The van der Waals surface area contributed by atoms with Crippen LogP contribution in [0.5, 0.6) is 0 Å². The molecule has 0 bridgehead atoms. The number of allylic oxidation sites excluding steroid dienone is 3. The molecule has 1 atom stereocenters. The molecule has 3 nitrogen and oxygen atoms in total. The maximum Gasteiger partial charge on any atom is 0.254 e. The van der Waals surface area contributed by atoms with E-state index in [9.17, 15) is 9.59 Å². The number of carbonyl (C=O) groups is 2. The zero-order chi connectivity index (χ0) is 13.2. The fourth-order valence-electron chi connectivity index (χ4n) is 3.59. The van der Waals surface area contributed by atoms with Gasteiger partial charge in [-0.3, -0.25) is 14.9 Å². The number of imide groups is 1. The van der Waals surface area contributed by atoms with Gasteiger partial charge in [0.25, 0.3) is 5.91 Å². The van der Waals surface area contributed by atoms with Crippen molar-refractivity contribution < 1.29 is 9.59 Å². The van der Waals surface area contributed by atoms with Crippen molar-refractivity contribution in [3.8, 4) is 0 Å². The Balaban J connectivity index is 2.02. The predicted octanol–water partition coefficient (Wildman–Crippen LogP) is 3.02. The fraction of sp³-hybridized carbons (Fsp3) is 0.625. The van der Waals surface area contributed by atoms with Gasteiger partial charge in [-0.25, -0.2) is 0 Å². The van der Waals surface area contributed by atoms with Gasteiger partial charge in [0.2, 0.25) is 5.91 Å². The molecule has 1 fully saturated rings. The monoisotopic (exact) mass is 259 g/mol. The molecule has 0 aromatic carbocycles. The third-order valence-corrected chi connectivity index (χ3v) is 4.57. The molecule has 1 saturated heterocycles. The molecule has 2 amide bonds. The van der Waals surface area contributed by atoms with Gasteiger partial charge in [0, 0.05) is 5.57 Å². The molecule has 19 heavy (non-hydrogen) atoms. The lowest BCUT2D eigenvalue weighted by atomic mass is 9.89. The van der Waals surface area contributed by atoms with E-state index >= 15 is 0 Å². The van der Waals surface area contributed by atoms with Crippen molar-refractivity contribution in [2.24, 2.45) is 5.92 Å². The number of nitrogens with one attached hydrogen (secondary N) is 1. The molecule has 1 N–H and O–H groups in total. The summed E-state index contributed by atoms with van der Waals surface area (Å²) >= 11 is 0. The lowest BCUT2D eigenvalue weighted by molar-refractivity contribution is -0.125. The van der Waals surface area contributed by atoms with Gasteiger partial charge in [0.1, 0.15) is 0 Å². The van der Waals surface area contributed by atoms with Crippen molar-refractivity contribution in [3.05, 3.63) is 22.8 Å². The highest BCUT2D eigenvalue weighted by Gasteiger charge is 2.39. The Kier molecular flexibility index (Phi) is 3.54. The summed E-state index contributed by atoms with van der Waals surface area (Å²) in [5.41, 5.74) is 3.35. The van der Waals surface area contributed by atoms with Crippen LogP contribution in [0.15, 0.2) is 22.8 Å². The van der Waals surface area contributed by atoms with E-state index in [1.807, 2.05) is 0 Å². The summed E-state index contributed by atoms with van der Waals surface area (Å²) in [6.45, 7) is 0. The van der Waals surface area contributed by atoms with Crippen LogP contribution >= 0.6 is 0 Å². The highest BCUT2D eigenvalue weighted by Crippen LogP contribution is 2.38. The van der Waals surface area contributed by atoms with Gasteiger partial charge in [-0.1, -0.05) is 18.9 Å². The van der Waals surface area contributed by atoms with Crippen LogP contribution in [-0.4, -0.2) is 11.8 Å². The van der Waals surface area contributed by atoms with Crippen molar-refractivity contribution >= 4 is 11.8 Å². The number of hydrogen-bond acceptors (Lipinski definition) is 2. The van der Waals surface area contributed by atoms with E-state index < -0.39 is 0 Å². The molecule has 3 heteroatoms. The van der Waals surface area contributed by atoms with Crippen molar-refractivity contribution in [1.82, 2.24) is 5.32 Å². The second-order valence-electron chi connectivity index (χ2n) is 5.84. The smallest absolute Gasteiger partial charge is 0.254 e. The summed E-state index contributed by atoms with van der Waals surface area (Å²) in [5, 5.41) is 2.51. The molecule has 102 valence electrons. The molecule has 3 aliphatic rings. The first kappa shape index (κ1) is 12.6. The molecule has 1 aliphatic heterocycles. The maximum atomic E-state index is 12.1. The molecule has 0 aromatic rings. The van der Waals surface area contributed by atoms with E-state index in [1.165, 1.54) is 30.4 Å². The van der Waals surface area contributed by atoms with Crippen molar-refractivity contribution in [2.75, 3.05) is 0 Å². The van der Waals surface area contributed by atoms with Gasteiger partial charge >= 0.3 is 0 Å². The van der Waals surface area contributed by atoms with Crippen molar-refractivity contribution in [3.63, 3.8) is 0 Å². The largest absolute Gasteiger partial charge is 0.292 e. The van der Waals surface area contributed by atoms with Gasteiger partial charge in [-0.2, -0.15) is 0 Å². The van der Waals surface area contributed by atoms with Crippen LogP contribution in [-0.2, 0) is 9.59 Å². The lowest BCUT2D eigenvalue weighted by Gasteiger charge is -2.13. The van der Waals surface area contributed by atoms with E-state index in [0.717, 1.165) is 44.1 Å². The molecule has 0 radical (unpaired) electrons. The van der Waals surface area contributed by atoms with Crippen LogP contribution in [0.25, 0.3) is 0 Å². The highest BCUT2D eigenvalue weighted by molar-refractivity contribution is 6.15. The number of hydrogen-bond donors (Lipinski definition) is 1. The second kappa shape index (κ2) is 5.32. The number of amides is 2. The Hall–Kier alpha value is -1.38. The highest BCUT2D eigenvalue weighted by atomic mass is 16.2. The molecular formula is C16H21NO2. The Morgan fingerprint density at radius 1 is 1.00 bits per heavy atom. The minimum Gasteiger partial charge on any atom is -0.292 e. The third kappa shape index (κ3) is 2.38. The molecule has 2 aliphatic carbocycles. The first-order chi connectivity index (χ1) is 9.27. The van der Waals surface area contributed by atoms with Crippen LogP contribution in [0.1, 0.15) is 57.8 Å². The minimum atomic E-state index is -0.172. The van der Waals surface area contributed by atoms with Gasteiger partial charge in [-0.15, -0.1) is 0 Å². The number of fused-ring (bicyclic) bond motifs is 1. The van der Waals surface area contributed by atoms with Crippen LogP contribution in [0, 0.1) is 5.92 Å². The first-order valence-electron chi connectivity index (χ1n) is 7.55. The maximum absolute atomic E-state index is 12.1. The van der Waals surface area contributed by atoms with Crippen LogP contribution in [0.4, 0.5) is 0 Å². The van der Waals surface area contributed by atoms with E-state index in [0.29, 0.717) is 0 Å². The standard InChI is InChI=1S/C16H21NO2/c18-15-13-10-6-5-9-12(14(13)16(19)17-15)11-7-3-1-2-4-8-11/h7,13H,1-6,8-10H2,(H,17,18,19). The molecule has 1 unspecified atom stereocenters. The summed E-state index contributed by atoms with van der Waals surface area (Å²) in [7, 11) is 0. The predicted molar refractivity (Wildman–Crippen MR) is 73.3 cm³/mol. The van der Waals surface area contributed by atoms with E-state index in [-0.39, 0.29) is 17.7 Å². The zero-order valence-electron chi connectivity index (χ0n) is 11.3. The molecule has 1 heterocycles. The van der Waals surface area contributed by atoms with Crippen LogP contribution in [0.2, 0.25) is 0 Å². The summed E-state index contributed by atoms with van der Waals surface area (Å²) < 4.78 is 0. The molecule has 0 aromatic heterocycles. The van der Waals surface area contributed by atoms with Gasteiger partial charge in [0.05, 0.1) is 5.92 Å². The minimum absolute atomic E-state index is 0.0754. The average molecular weight is 259 g/mol. The Morgan fingerprint density at radius 2 is 1.84 bits per heavy atom. The zero-order valence-corrected chi connectivity index (χ0v) is 11.3. The summed E-state index contributed by atoms with van der Waals surface area (Å²) in [6.07, 6.45) is 12.2. The van der Waals surface area contributed by atoms with Crippen molar-refractivity contribution in [2.45, 2.75) is 57.8 Å². The number of carbonyl (C=O) groups excluding carboxylic acids is 2. The lowest BCUT2D eigenvalue weighted by Crippen LogP contribution is -2.22. The molecule has 3 rings (SSSR count). The van der Waals surface area contributed by atoms with E-state index in [2.05, 4.69) is 11.4 Å². The fourth-order valence-corrected chi connectivity index (χ4v) is 3.59. The molecule has 0 spiro atoms. The number of rotatable bonds is 1. The van der Waals surface area contributed by atoms with E-state index in [1.54, 1.807) is 0 Å². The van der Waals surface area contributed by atoms with Gasteiger partial charge < -0.3 is 0 Å². The average Bonchev–Trinajstić information content (AvgIpc) is 2.67. The molecular weight excluding hydrogens is 238 g/mol. The molecule has 0 saturated carbocycles. The topological polar surface area (TPSA) is 46.2 Å². The summed E-state index contributed by atoms with van der Waals surface area (Å²) in [5.74, 6) is -0.375. The second-order valence-corrected chi connectivity index (χ2v) is 5.84. The SMILES string of the molecule is O=C1NC(=O)C2CCCCC(C3=CCCCCC3)=C12. The van der Waals surface area contributed by atoms with Gasteiger partial charge in [-0.05, 0) is 56.1 Å². The summed E-state index contributed by atoms with van der Waals surface area (Å²) in [4.78, 5) is 24.0. The van der Waals surface area contributed by atoms with Crippen molar-refractivity contribution in [1.29, 1.82) is 0 Å².